The van der Waals surface area contributed by atoms with Crippen LogP contribution in [-0.4, -0.2) is 50.2 Å². The largest absolute Gasteiger partial charge is 0.370 e. The van der Waals surface area contributed by atoms with E-state index in [9.17, 15) is 0 Å². The van der Waals surface area contributed by atoms with E-state index in [2.05, 4.69) is 196 Å². The number of rotatable bonds is 14. The Labute approximate surface area is 384 Å². The first-order chi connectivity index (χ1) is 31.0. The lowest BCUT2D eigenvalue weighted by molar-refractivity contribution is 0.293. The third-order valence-electron chi connectivity index (χ3n) is 14.2. The topological polar surface area (TPSA) is 42.1 Å². The fourth-order valence-corrected chi connectivity index (χ4v) is 10.4. The van der Waals surface area contributed by atoms with E-state index >= 15 is 0 Å². The minimum atomic E-state index is -0.306. The van der Waals surface area contributed by atoms with Crippen molar-refractivity contribution < 1.29 is 0 Å². The number of aromatic nitrogens is 4. The predicted octanol–water partition coefficient (Wildman–Crippen LogP) is 14.7. The van der Waals surface area contributed by atoms with Crippen LogP contribution in [0.25, 0.3) is 45.3 Å². The second kappa shape index (κ2) is 19.5. The number of benzene rings is 4. The average Bonchev–Trinajstić information content (AvgIpc) is 4.02. The Balaban J connectivity index is 1.24. The average molecular weight is 851 g/mol. The molecule has 2 fully saturated rings. The van der Waals surface area contributed by atoms with Crippen LogP contribution in [0.2, 0.25) is 0 Å². The monoisotopic (exact) mass is 851 g/mol. The van der Waals surface area contributed by atoms with Crippen molar-refractivity contribution in [3.63, 3.8) is 0 Å². The molecule has 2 aromatic heterocycles. The fourth-order valence-electron chi connectivity index (χ4n) is 10.4. The van der Waals surface area contributed by atoms with Crippen molar-refractivity contribution in [3.05, 3.63) is 162 Å². The van der Waals surface area contributed by atoms with Crippen molar-refractivity contribution in [2.75, 3.05) is 31.1 Å². The van der Waals surface area contributed by atoms with Gasteiger partial charge in [0.2, 0.25) is 0 Å². The van der Waals surface area contributed by atoms with Crippen LogP contribution in [0.15, 0.2) is 146 Å². The standard InChI is InChI=1S/C58H70N6/c1-10-46(41(3)4)54(52(11-2)61-33-21-13-22-34-61)63-37-32-60-57(63)49-29-19-20-30-51(49)58(8,9)43(7)47-27-17-18-28-48(47)56-59-31-38-64(56)55-50(42(5)6)39-45(44-25-15-12-16-26-44)40-53(55)62-35-23-14-24-36-62/h10-12,15-20,25-32,37-43H,1,13-14,21-24,33-36H2,2-9H3/b52-11+,54-46-. The summed E-state index contributed by atoms with van der Waals surface area (Å²) in [4.78, 5) is 15.6. The Morgan fingerprint density at radius 3 is 1.97 bits per heavy atom. The molecule has 2 aliphatic heterocycles. The number of hydrogen-bond donors (Lipinski definition) is 0. The summed E-state index contributed by atoms with van der Waals surface area (Å²) in [5.41, 5.74) is 14.6. The molecule has 1 unspecified atom stereocenters. The highest BCUT2D eigenvalue weighted by Crippen LogP contribution is 2.47. The molecule has 1 atom stereocenters. The van der Waals surface area contributed by atoms with Crippen LogP contribution in [0.3, 0.4) is 0 Å². The molecular formula is C58H70N6. The lowest BCUT2D eigenvalue weighted by atomic mass is 9.69. The Morgan fingerprint density at radius 1 is 0.672 bits per heavy atom. The first-order valence-corrected chi connectivity index (χ1v) is 24.1. The molecule has 2 aliphatic rings. The summed E-state index contributed by atoms with van der Waals surface area (Å²) < 4.78 is 4.75. The van der Waals surface area contributed by atoms with E-state index in [1.807, 2.05) is 12.4 Å². The van der Waals surface area contributed by atoms with Gasteiger partial charge in [0.15, 0.2) is 0 Å². The van der Waals surface area contributed by atoms with Gasteiger partial charge in [-0.3, -0.25) is 9.13 Å². The third kappa shape index (κ3) is 8.68. The lowest BCUT2D eigenvalue weighted by Gasteiger charge is -2.36. The predicted molar refractivity (Wildman–Crippen MR) is 271 cm³/mol. The molecule has 0 aliphatic carbocycles. The van der Waals surface area contributed by atoms with Gasteiger partial charge in [0, 0.05) is 62.1 Å². The molecular weight excluding hydrogens is 781 g/mol. The van der Waals surface area contributed by atoms with Gasteiger partial charge in [-0.15, -0.1) is 0 Å². The van der Waals surface area contributed by atoms with Gasteiger partial charge >= 0.3 is 0 Å². The Bertz CT molecular complexity index is 2600. The van der Waals surface area contributed by atoms with E-state index in [1.165, 1.54) is 94.7 Å². The number of hydrogen-bond acceptors (Lipinski definition) is 4. The van der Waals surface area contributed by atoms with Gasteiger partial charge in [0.05, 0.1) is 22.8 Å². The fraction of sp³-hybridized carbons (Fsp3) is 0.379. The van der Waals surface area contributed by atoms with Crippen LogP contribution in [0.5, 0.6) is 0 Å². The zero-order chi connectivity index (χ0) is 45.0. The molecule has 0 radical (unpaired) electrons. The maximum atomic E-state index is 5.23. The van der Waals surface area contributed by atoms with E-state index < -0.39 is 0 Å². The maximum absolute atomic E-state index is 5.23. The number of likely N-dealkylation sites (tertiary alicyclic amines) is 1. The van der Waals surface area contributed by atoms with E-state index in [1.54, 1.807) is 0 Å². The lowest BCUT2D eigenvalue weighted by Crippen LogP contribution is -2.31. The number of anilines is 1. The number of nitrogens with zero attached hydrogens (tertiary/aromatic N) is 6. The van der Waals surface area contributed by atoms with Crippen molar-refractivity contribution in [3.8, 4) is 39.6 Å². The molecule has 0 amide bonds. The normalized spacial score (nSPS) is 16.1. The van der Waals surface area contributed by atoms with Crippen molar-refractivity contribution in [2.45, 2.75) is 111 Å². The summed E-state index contributed by atoms with van der Waals surface area (Å²) in [6.45, 7) is 27.2. The van der Waals surface area contributed by atoms with Crippen LogP contribution >= 0.6 is 0 Å². The molecule has 6 aromatic rings. The first-order valence-electron chi connectivity index (χ1n) is 24.1. The highest BCUT2D eigenvalue weighted by molar-refractivity contribution is 5.80. The summed E-state index contributed by atoms with van der Waals surface area (Å²) in [5, 5.41) is 0. The van der Waals surface area contributed by atoms with E-state index in [0.29, 0.717) is 5.92 Å². The molecule has 332 valence electrons. The second-order valence-corrected chi connectivity index (χ2v) is 19.2. The van der Waals surface area contributed by atoms with Gasteiger partial charge in [-0.05, 0) is 114 Å². The van der Waals surface area contributed by atoms with Crippen LogP contribution in [0, 0.1) is 5.92 Å². The Morgan fingerprint density at radius 2 is 1.30 bits per heavy atom. The van der Waals surface area contributed by atoms with Crippen molar-refractivity contribution in [1.29, 1.82) is 0 Å². The first kappa shape index (κ1) is 44.7. The molecule has 64 heavy (non-hydrogen) atoms. The van der Waals surface area contributed by atoms with Gasteiger partial charge in [-0.2, -0.15) is 0 Å². The summed E-state index contributed by atoms with van der Waals surface area (Å²) in [6, 6.07) is 33.7. The molecule has 6 heteroatoms. The van der Waals surface area contributed by atoms with Crippen LogP contribution in [0.4, 0.5) is 5.69 Å². The maximum Gasteiger partial charge on any atom is 0.144 e. The van der Waals surface area contributed by atoms with Crippen LogP contribution in [-0.2, 0) is 5.41 Å². The van der Waals surface area contributed by atoms with Crippen molar-refractivity contribution >= 4 is 11.4 Å². The quantitative estimate of drug-likeness (QED) is 0.102. The Hall–Kier alpha value is -5.88. The smallest absolute Gasteiger partial charge is 0.144 e. The van der Waals surface area contributed by atoms with E-state index in [4.69, 9.17) is 9.97 Å². The number of piperidine rings is 2. The summed E-state index contributed by atoms with van der Waals surface area (Å²) >= 11 is 0. The van der Waals surface area contributed by atoms with Gasteiger partial charge in [0.25, 0.3) is 0 Å². The molecule has 0 spiro atoms. The summed E-state index contributed by atoms with van der Waals surface area (Å²) in [6.07, 6.45) is 20.1. The van der Waals surface area contributed by atoms with Gasteiger partial charge in [-0.25, -0.2) is 9.97 Å². The van der Waals surface area contributed by atoms with Crippen LogP contribution < -0.4 is 4.90 Å². The molecule has 4 heterocycles. The molecule has 6 nitrogen and oxygen atoms in total. The highest BCUT2D eigenvalue weighted by atomic mass is 15.2. The minimum Gasteiger partial charge on any atom is -0.370 e. The second-order valence-electron chi connectivity index (χ2n) is 19.2. The Kier molecular flexibility index (Phi) is 13.6. The van der Waals surface area contributed by atoms with Gasteiger partial charge in [0.1, 0.15) is 11.6 Å². The van der Waals surface area contributed by atoms with E-state index in [0.717, 1.165) is 49.0 Å². The molecule has 8 rings (SSSR count). The third-order valence-corrected chi connectivity index (χ3v) is 14.2. The SMILES string of the molecule is C=C/C(=C(\C(=C/C)N1CCCCC1)n1ccnc1-c1ccccc1C(C)(C)C(C)c1ccccc1-c1nccn1-c1c(C(C)C)cc(-c2ccccc2)cc1N1CCCCC1)C(C)C. The highest BCUT2D eigenvalue weighted by Gasteiger charge is 2.35. The molecule has 4 aromatic carbocycles. The zero-order valence-corrected chi connectivity index (χ0v) is 39.8. The van der Waals surface area contributed by atoms with E-state index in [-0.39, 0.29) is 17.3 Å². The van der Waals surface area contributed by atoms with Gasteiger partial charge in [-0.1, -0.05) is 146 Å². The van der Waals surface area contributed by atoms with Crippen molar-refractivity contribution in [1.82, 2.24) is 24.0 Å². The van der Waals surface area contributed by atoms with Crippen LogP contribution in [0.1, 0.15) is 122 Å². The molecule has 0 bridgehead atoms. The summed E-state index contributed by atoms with van der Waals surface area (Å²) in [7, 11) is 0. The zero-order valence-electron chi connectivity index (χ0n) is 39.8. The van der Waals surface area contributed by atoms with Crippen molar-refractivity contribution in [2.24, 2.45) is 5.92 Å². The summed E-state index contributed by atoms with van der Waals surface area (Å²) in [5.74, 6) is 2.63. The number of imidazole rings is 2. The molecule has 0 N–H and O–H groups in total. The number of allylic oxidation sites excluding steroid dienone is 4. The van der Waals surface area contributed by atoms with Gasteiger partial charge < -0.3 is 9.80 Å². The molecule has 2 saturated heterocycles. The minimum absolute atomic E-state index is 0.110. The molecule has 0 saturated carbocycles.